The predicted molar refractivity (Wildman–Crippen MR) is 75.2 cm³/mol. The maximum absolute atomic E-state index is 11.1. The van der Waals surface area contributed by atoms with Crippen LogP contribution in [0.4, 0.5) is 5.69 Å². The molecule has 0 atom stereocenters. The zero-order valence-corrected chi connectivity index (χ0v) is 10.4. The minimum absolute atomic E-state index is 0. The van der Waals surface area contributed by atoms with Crippen molar-refractivity contribution in [3.05, 3.63) is 36.4 Å². The van der Waals surface area contributed by atoms with Crippen molar-refractivity contribution in [2.75, 3.05) is 5.32 Å². The van der Waals surface area contributed by atoms with Crippen molar-refractivity contribution in [2.24, 2.45) is 0 Å². The Balaban J connectivity index is 0.00000180. The van der Waals surface area contributed by atoms with E-state index < -0.39 is 10.1 Å². The summed E-state index contributed by atoms with van der Waals surface area (Å²) in [5.41, 5.74) is 0.505. The Kier molecular flexibility index (Phi) is 5.11. The summed E-state index contributed by atoms with van der Waals surface area (Å²) in [6, 6.07) is 9.42. The van der Waals surface area contributed by atoms with Gasteiger partial charge in [0.25, 0.3) is 10.1 Å². The number of benzene rings is 2. The minimum atomic E-state index is -4.25. The van der Waals surface area contributed by atoms with Gasteiger partial charge in [-0.25, -0.2) is 0 Å². The van der Waals surface area contributed by atoms with E-state index in [1.54, 1.807) is 24.3 Å². The summed E-state index contributed by atoms with van der Waals surface area (Å²) in [5, 5.41) is 3.94. The summed E-state index contributed by atoms with van der Waals surface area (Å²) in [7, 11) is -4.25. The molecule has 2 aromatic rings. The first-order chi connectivity index (χ1) is 8.38. The van der Waals surface area contributed by atoms with Crippen molar-refractivity contribution in [3.63, 3.8) is 0 Å². The van der Waals surface area contributed by atoms with Crippen LogP contribution in [0.1, 0.15) is 6.92 Å². The molecule has 0 aliphatic carbocycles. The summed E-state index contributed by atoms with van der Waals surface area (Å²) in [5.74, 6) is -0.250. The molecule has 0 heterocycles. The Hall–Kier alpha value is -0.920. The Morgan fingerprint density at radius 2 is 1.89 bits per heavy atom. The monoisotopic (exact) mass is 289 g/mol. The van der Waals surface area contributed by atoms with Gasteiger partial charge in [0.1, 0.15) is 0 Å². The van der Waals surface area contributed by atoms with Gasteiger partial charge < -0.3 is 5.32 Å². The van der Waals surface area contributed by atoms with Crippen molar-refractivity contribution in [1.82, 2.24) is 0 Å². The molecule has 0 unspecified atom stereocenters. The van der Waals surface area contributed by atoms with Gasteiger partial charge in [0.2, 0.25) is 5.91 Å². The molecule has 7 heteroatoms. The summed E-state index contributed by atoms with van der Waals surface area (Å²) in [6.45, 7) is 1.37. The molecule has 5 nitrogen and oxygen atoms in total. The first-order valence-corrected chi connectivity index (χ1v) is 6.60. The molecule has 2 aromatic carbocycles. The van der Waals surface area contributed by atoms with Crippen LogP contribution in [-0.2, 0) is 14.9 Å². The molecule has 0 aromatic heterocycles. The Morgan fingerprint density at radius 3 is 2.47 bits per heavy atom. The van der Waals surface area contributed by atoms with E-state index in [4.69, 9.17) is 4.55 Å². The molecule has 0 saturated carbocycles. The number of carbonyl (C=O) groups is 1. The molecule has 0 fully saturated rings. The maximum atomic E-state index is 11.1. The second kappa shape index (κ2) is 6.02. The molecule has 0 aliphatic rings. The zero-order chi connectivity index (χ0) is 13.3. The molecule has 0 bridgehead atoms. The van der Waals surface area contributed by atoms with Crippen LogP contribution in [0.5, 0.6) is 0 Å². The average Bonchev–Trinajstić information content (AvgIpc) is 2.27. The molecular weight excluding hydrogens is 277 g/mol. The fraction of sp³-hybridized carbons (Fsp3) is 0.0833. The van der Waals surface area contributed by atoms with E-state index in [-0.39, 0.29) is 40.4 Å². The summed E-state index contributed by atoms with van der Waals surface area (Å²) < 4.78 is 31.2. The second-order valence-corrected chi connectivity index (χ2v) is 5.27. The van der Waals surface area contributed by atoms with Gasteiger partial charge in [-0.2, -0.15) is 8.42 Å². The number of fused-ring (bicyclic) bond motifs is 1. The fourth-order valence-electron chi connectivity index (χ4n) is 1.71. The predicted octanol–water partition coefficient (Wildman–Crippen LogP) is 1.40. The molecule has 0 aliphatic heterocycles. The first-order valence-electron chi connectivity index (χ1n) is 5.16. The first kappa shape index (κ1) is 16.1. The van der Waals surface area contributed by atoms with E-state index in [1.807, 2.05) is 0 Å². The van der Waals surface area contributed by atoms with Gasteiger partial charge in [-0.15, -0.1) is 0 Å². The molecular formula is C12H12NNaO4S. The summed E-state index contributed by atoms with van der Waals surface area (Å²) in [4.78, 5) is 10.9. The van der Waals surface area contributed by atoms with Crippen LogP contribution in [0, 0.1) is 0 Å². The molecule has 96 valence electrons. The van der Waals surface area contributed by atoms with Crippen molar-refractivity contribution < 1.29 is 17.8 Å². The molecule has 2 rings (SSSR count). The van der Waals surface area contributed by atoms with Gasteiger partial charge in [-0.05, 0) is 23.6 Å². The molecule has 0 radical (unpaired) electrons. The second-order valence-electron chi connectivity index (χ2n) is 3.84. The number of hydrogen-bond acceptors (Lipinski definition) is 3. The number of hydrogen-bond donors (Lipinski definition) is 2. The van der Waals surface area contributed by atoms with Crippen molar-refractivity contribution in [1.29, 1.82) is 0 Å². The molecule has 1 amide bonds. The van der Waals surface area contributed by atoms with E-state index in [9.17, 15) is 13.2 Å². The van der Waals surface area contributed by atoms with Crippen LogP contribution in [0.15, 0.2) is 41.3 Å². The Labute approximate surface area is 133 Å². The standard InChI is InChI=1S/C12H11NO4S.Na.H/c1-8(14)13-12-4-2-3-9-5-6-10(7-11(9)12)18(15,16)17;;/h2-7H,1H3,(H,13,14)(H,15,16,17);;. The van der Waals surface area contributed by atoms with Crippen LogP contribution in [0.25, 0.3) is 10.8 Å². The topological polar surface area (TPSA) is 83.5 Å². The average molecular weight is 289 g/mol. The number of nitrogens with one attached hydrogen (secondary N) is 1. The van der Waals surface area contributed by atoms with Gasteiger partial charge in [-0.1, -0.05) is 18.2 Å². The van der Waals surface area contributed by atoms with E-state index >= 15 is 0 Å². The van der Waals surface area contributed by atoms with Gasteiger partial charge in [0.15, 0.2) is 0 Å². The summed E-state index contributed by atoms with van der Waals surface area (Å²) in [6.07, 6.45) is 0. The van der Waals surface area contributed by atoms with E-state index in [0.717, 1.165) is 5.39 Å². The van der Waals surface area contributed by atoms with Crippen LogP contribution in [-0.4, -0.2) is 48.4 Å². The third-order valence-corrected chi connectivity index (χ3v) is 3.31. The SMILES string of the molecule is CC(=O)Nc1cccc2ccc(S(=O)(=O)O)cc12.[NaH]. The number of carbonyl (C=O) groups excluding carboxylic acids is 1. The van der Waals surface area contributed by atoms with Crippen LogP contribution in [0.2, 0.25) is 0 Å². The molecule has 2 N–H and O–H groups in total. The third-order valence-electron chi connectivity index (χ3n) is 2.46. The van der Waals surface area contributed by atoms with E-state index in [0.29, 0.717) is 11.1 Å². The molecule has 0 saturated heterocycles. The molecule has 19 heavy (non-hydrogen) atoms. The number of rotatable bonds is 2. The third kappa shape index (κ3) is 3.77. The van der Waals surface area contributed by atoms with Crippen molar-refractivity contribution in [2.45, 2.75) is 11.8 Å². The van der Waals surface area contributed by atoms with E-state index in [1.165, 1.54) is 19.1 Å². The quantitative estimate of drug-likeness (QED) is 0.646. The van der Waals surface area contributed by atoms with Gasteiger partial charge >= 0.3 is 29.6 Å². The van der Waals surface area contributed by atoms with Crippen molar-refractivity contribution >= 4 is 62.0 Å². The zero-order valence-electron chi connectivity index (χ0n) is 9.54. The number of amides is 1. The van der Waals surface area contributed by atoms with Crippen LogP contribution >= 0.6 is 0 Å². The Morgan fingerprint density at radius 1 is 1.21 bits per heavy atom. The van der Waals surface area contributed by atoms with Gasteiger partial charge in [-0.3, -0.25) is 9.35 Å². The summed E-state index contributed by atoms with van der Waals surface area (Å²) >= 11 is 0. The van der Waals surface area contributed by atoms with E-state index in [2.05, 4.69) is 5.32 Å². The fourth-order valence-corrected chi connectivity index (χ4v) is 2.22. The van der Waals surface area contributed by atoms with Crippen LogP contribution in [0.3, 0.4) is 0 Å². The van der Waals surface area contributed by atoms with Gasteiger partial charge in [0, 0.05) is 18.0 Å². The van der Waals surface area contributed by atoms with Crippen molar-refractivity contribution in [3.8, 4) is 0 Å². The van der Waals surface area contributed by atoms with Gasteiger partial charge in [0.05, 0.1) is 4.90 Å². The molecule has 0 spiro atoms. The number of anilines is 1. The Bertz CT molecular complexity index is 728. The normalized spacial score (nSPS) is 10.8. The van der Waals surface area contributed by atoms with Crippen LogP contribution < -0.4 is 5.32 Å².